The molecule has 0 radical (unpaired) electrons. The fourth-order valence-electron chi connectivity index (χ4n) is 2.63. The SMILES string of the molecule is CN(Cc1ccc(Cl)c(Cl)c1)C(=O)c1ccc(-n2ccnc2)c([N+](=O)[O-])c1. The number of hydrogen-bond acceptors (Lipinski definition) is 4. The maximum Gasteiger partial charge on any atom is 0.294 e. The molecular weight excluding hydrogens is 391 g/mol. The van der Waals surface area contributed by atoms with Gasteiger partial charge in [-0.2, -0.15) is 0 Å². The van der Waals surface area contributed by atoms with Crippen molar-refractivity contribution in [3.8, 4) is 5.69 Å². The highest BCUT2D eigenvalue weighted by Gasteiger charge is 2.20. The Morgan fingerprint density at radius 3 is 2.63 bits per heavy atom. The summed E-state index contributed by atoms with van der Waals surface area (Å²) in [7, 11) is 1.61. The first-order valence-electron chi connectivity index (χ1n) is 7.83. The predicted octanol–water partition coefficient (Wildman–Crippen LogP) is 4.36. The second-order valence-corrected chi connectivity index (χ2v) is 6.65. The molecule has 3 rings (SSSR count). The van der Waals surface area contributed by atoms with Crippen molar-refractivity contribution >= 4 is 34.8 Å². The van der Waals surface area contributed by atoms with Crippen LogP contribution in [0.5, 0.6) is 0 Å². The van der Waals surface area contributed by atoms with Crippen molar-refractivity contribution < 1.29 is 9.72 Å². The number of hydrogen-bond donors (Lipinski definition) is 0. The molecule has 0 unspecified atom stereocenters. The lowest BCUT2D eigenvalue weighted by molar-refractivity contribution is -0.384. The smallest absolute Gasteiger partial charge is 0.294 e. The molecule has 138 valence electrons. The van der Waals surface area contributed by atoms with Gasteiger partial charge in [0.2, 0.25) is 0 Å². The van der Waals surface area contributed by atoms with Gasteiger partial charge in [-0.1, -0.05) is 29.3 Å². The van der Waals surface area contributed by atoms with E-state index < -0.39 is 4.92 Å². The fraction of sp³-hybridized carbons (Fsp3) is 0.111. The lowest BCUT2D eigenvalue weighted by Crippen LogP contribution is -2.26. The maximum absolute atomic E-state index is 12.7. The third-order valence-corrected chi connectivity index (χ3v) is 4.69. The predicted molar refractivity (Wildman–Crippen MR) is 102 cm³/mol. The Hall–Kier alpha value is -2.90. The van der Waals surface area contributed by atoms with Gasteiger partial charge in [0.25, 0.3) is 11.6 Å². The molecule has 1 amide bonds. The van der Waals surface area contributed by atoms with Crippen LogP contribution in [-0.4, -0.2) is 32.3 Å². The summed E-state index contributed by atoms with van der Waals surface area (Å²) in [6, 6.07) is 9.45. The molecule has 0 aliphatic rings. The number of nitrogens with zero attached hydrogens (tertiary/aromatic N) is 4. The molecule has 0 fully saturated rings. The van der Waals surface area contributed by atoms with Gasteiger partial charge in [0, 0.05) is 37.6 Å². The minimum atomic E-state index is -0.523. The minimum Gasteiger partial charge on any atom is -0.337 e. The zero-order chi connectivity index (χ0) is 19.6. The number of nitro groups is 1. The molecule has 0 saturated carbocycles. The molecule has 1 heterocycles. The van der Waals surface area contributed by atoms with Crippen LogP contribution < -0.4 is 0 Å². The van der Waals surface area contributed by atoms with Crippen LogP contribution in [0.1, 0.15) is 15.9 Å². The highest BCUT2D eigenvalue weighted by Crippen LogP contribution is 2.26. The van der Waals surface area contributed by atoms with E-state index in [1.54, 1.807) is 37.5 Å². The van der Waals surface area contributed by atoms with Crippen molar-refractivity contribution in [3.63, 3.8) is 0 Å². The summed E-state index contributed by atoms with van der Waals surface area (Å²) >= 11 is 11.9. The van der Waals surface area contributed by atoms with Crippen molar-refractivity contribution in [1.29, 1.82) is 0 Å². The molecule has 9 heteroatoms. The Morgan fingerprint density at radius 2 is 2.00 bits per heavy atom. The highest BCUT2D eigenvalue weighted by molar-refractivity contribution is 6.42. The monoisotopic (exact) mass is 404 g/mol. The van der Waals surface area contributed by atoms with E-state index in [-0.39, 0.29) is 23.7 Å². The average Bonchev–Trinajstić information content (AvgIpc) is 3.18. The standard InChI is InChI=1S/C18H14Cl2N4O3/c1-22(10-12-2-4-14(19)15(20)8-12)18(25)13-3-5-16(17(9-13)24(26)27)23-7-6-21-11-23/h2-9,11H,10H2,1H3. The summed E-state index contributed by atoms with van der Waals surface area (Å²) in [5.41, 5.74) is 1.17. The number of halogens is 2. The molecule has 27 heavy (non-hydrogen) atoms. The van der Waals surface area contributed by atoms with Crippen LogP contribution >= 0.6 is 23.2 Å². The molecule has 0 aliphatic heterocycles. The summed E-state index contributed by atoms with van der Waals surface area (Å²) in [5.74, 6) is -0.346. The molecule has 0 saturated heterocycles. The Balaban J connectivity index is 1.86. The summed E-state index contributed by atoms with van der Waals surface area (Å²) in [6.07, 6.45) is 4.58. The van der Waals surface area contributed by atoms with Gasteiger partial charge in [0.05, 0.1) is 21.3 Å². The number of aromatic nitrogens is 2. The molecular formula is C18H14Cl2N4O3. The number of carbonyl (C=O) groups is 1. The van der Waals surface area contributed by atoms with E-state index in [1.807, 2.05) is 0 Å². The number of amides is 1. The van der Waals surface area contributed by atoms with Gasteiger partial charge < -0.3 is 9.47 Å². The largest absolute Gasteiger partial charge is 0.337 e. The molecule has 0 bridgehead atoms. The molecule has 3 aromatic rings. The first-order chi connectivity index (χ1) is 12.9. The van der Waals surface area contributed by atoms with E-state index in [2.05, 4.69) is 4.98 Å². The molecule has 7 nitrogen and oxygen atoms in total. The van der Waals surface area contributed by atoms with Crippen LogP contribution in [0.3, 0.4) is 0 Å². The normalized spacial score (nSPS) is 10.6. The quantitative estimate of drug-likeness (QED) is 0.467. The first kappa shape index (κ1) is 18.9. The molecule has 0 N–H and O–H groups in total. The number of carbonyl (C=O) groups excluding carboxylic acids is 1. The van der Waals surface area contributed by atoms with Gasteiger partial charge in [-0.05, 0) is 29.8 Å². The lowest BCUT2D eigenvalue weighted by atomic mass is 10.1. The number of benzene rings is 2. The minimum absolute atomic E-state index is 0.179. The average molecular weight is 405 g/mol. The van der Waals surface area contributed by atoms with Crippen molar-refractivity contribution in [2.24, 2.45) is 0 Å². The highest BCUT2D eigenvalue weighted by atomic mass is 35.5. The topological polar surface area (TPSA) is 81.3 Å². The van der Waals surface area contributed by atoms with E-state index >= 15 is 0 Å². The Morgan fingerprint density at radius 1 is 1.22 bits per heavy atom. The second kappa shape index (κ2) is 7.77. The Kier molecular flexibility index (Phi) is 5.43. The zero-order valence-corrected chi connectivity index (χ0v) is 15.7. The summed E-state index contributed by atoms with van der Waals surface area (Å²) < 4.78 is 1.52. The number of nitro benzene ring substituents is 1. The van der Waals surface area contributed by atoms with Crippen LogP contribution in [0.15, 0.2) is 55.1 Å². The van der Waals surface area contributed by atoms with E-state index in [0.29, 0.717) is 15.7 Å². The van der Waals surface area contributed by atoms with Crippen LogP contribution in [0.25, 0.3) is 5.69 Å². The van der Waals surface area contributed by atoms with Gasteiger partial charge >= 0.3 is 0 Å². The lowest BCUT2D eigenvalue weighted by Gasteiger charge is -2.18. The Labute approximate surface area is 164 Å². The summed E-state index contributed by atoms with van der Waals surface area (Å²) in [6.45, 7) is 0.285. The van der Waals surface area contributed by atoms with Gasteiger partial charge in [-0.25, -0.2) is 4.98 Å². The molecule has 2 aromatic carbocycles. The second-order valence-electron chi connectivity index (χ2n) is 5.84. The van der Waals surface area contributed by atoms with Crippen LogP contribution in [-0.2, 0) is 6.54 Å². The van der Waals surface area contributed by atoms with Gasteiger partial charge in [-0.3, -0.25) is 14.9 Å². The number of rotatable bonds is 5. The van der Waals surface area contributed by atoms with E-state index in [1.165, 1.54) is 34.1 Å². The summed E-state index contributed by atoms with van der Waals surface area (Å²) in [4.78, 5) is 29.0. The van der Waals surface area contributed by atoms with Crippen molar-refractivity contribution in [2.75, 3.05) is 7.05 Å². The first-order valence-corrected chi connectivity index (χ1v) is 8.58. The van der Waals surface area contributed by atoms with Crippen LogP contribution in [0.4, 0.5) is 5.69 Å². The van der Waals surface area contributed by atoms with E-state index in [4.69, 9.17) is 23.2 Å². The molecule has 0 atom stereocenters. The third-order valence-electron chi connectivity index (χ3n) is 3.95. The molecule has 0 aliphatic carbocycles. The van der Waals surface area contributed by atoms with Crippen molar-refractivity contribution in [1.82, 2.24) is 14.5 Å². The molecule has 1 aromatic heterocycles. The third kappa shape index (κ3) is 4.10. The van der Waals surface area contributed by atoms with Gasteiger partial charge in [-0.15, -0.1) is 0 Å². The number of imidazole rings is 1. The zero-order valence-electron chi connectivity index (χ0n) is 14.2. The van der Waals surface area contributed by atoms with Gasteiger partial charge in [0.1, 0.15) is 5.69 Å². The van der Waals surface area contributed by atoms with Crippen LogP contribution in [0, 0.1) is 10.1 Å². The molecule has 0 spiro atoms. The van der Waals surface area contributed by atoms with Crippen molar-refractivity contribution in [3.05, 3.63) is 86.4 Å². The van der Waals surface area contributed by atoms with Crippen molar-refractivity contribution in [2.45, 2.75) is 6.54 Å². The Bertz CT molecular complexity index is 1010. The fourth-order valence-corrected chi connectivity index (χ4v) is 2.95. The van der Waals surface area contributed by atoms with Crippen LogP contribution in [0.2, 0.25) is 10.0 Å². The summed E-state index contributed by atoms with van der Waals surface area (Å²) in [5, 5.41) is 12.3. The maximum atomic E-state index is 12.7. The van der Waals surface area contributed by atoms with E-state index in [0.717, 1.165) is 5.56 Å². The van der Waals surface area contributed by atoms with E-state index in [9.17, 15) is 14.9 Å². The van der Waals surface area contributed by atoms with Gasteiger partial charge in [0.15, 0.2) is 0 Å².